The van der Waals surface area contributed by atoms with Crippen LogP contribution in [-0.4, -0.2) is 30.8 Å². The largest absolute Gasteiger partial charge is 0.300 e. The van der Waals surface area contributed by atoms with E-state index in [-0.39, 0.29) is 4.90 Å². The Kier molecular flexibility index (Phi) is 4.72. The van der Waals surface area contributed by atoms with E-state index in [2.05, 4.69) is 24.1 Å². The Balaban J connectivity index is 1.52. The molecule has 0 saturated carbocycles. The number of sulfonamides is 1. The van der Waals surface area contributed by atoms with Gasteiger partial charge in [0.2, 0.25) is 10.0 Å². The van der Waals surface area contributed by atoms with Crippen molar-refractivity contribution in [1.29, 1.82) is 0 Å². The molecule has 2 aliphatic heterocycles. The highest BCUT2D eigenvalue weighted by Gasteiger charge is 2.35. The van der Waals surface area contributed by atoms with Gasteiger partial charge in [0.15, 0.2) is 0 Å². The van der Waals surface area contributed by atoms with Gasteiger partial charge >= 0.3 is 0 Å². The minimum atomic E-state index is -3.59. The van der Waals surface area contributed by atoms with Gasteiger partial charge in [0, 0.05) is 17.1 Å². The lowest BCUT2D eigenvalue weighted by atomic mass is 10.1. The summed E-state index contributed by atoms with van der Waals surface area (Å²) in [6, 6.07) is 16.5. The minimum absolute atomic E-state index is 0.219. The second-order valence-corrected chi connectivity index (χ2v) is 9.01. The Morgan fingerprint density at radius 1 is 1.11 bits per heavy atom. The molecule has 0 fully saturated rings. The molecule has 2 aromatic rings. The van der Waals surface area contributed by atoms with Crippen LogP contribution in [0.25, 0.3) is 0 Å². The standard InChI is InChI=1S/C20H20ClN3O2S/c1-15-19-10-11-23(27(25,26)18-9-5-8-17(21)12-18)14-20(19)22-24(15)13-16-6-3-2-4-7-16/h2-9,12,22H,1,10-11,13-14H2. The van der Waals surface area contributed by atoms with Crippen LogP contribution in [0, 0.1) is 0 Å². The number of hydrazine groups is 1. The average molecular weight is 402 g/mol. The van der Waals surface area contributed by atoms with Crippen molar-refractivity contribution in [3.63, 3.8) is 0 Å². The van der Waals surface area contributed by atoms with E-state index >= 15 is 0 Å². The third-order valence-corrected chi connectivity index (χ3v) is 6.95. The Hall–Kier alpha value is -2.28. The number of nitrogens with one attached hydrogen (secondary N) is 1. The van der Waals surface area contributed by atoms with Crippen LogP contribution >= 0.6 is 11.6 Å². The lowest BCUT2D eigenvalue weighted by Crippen LogP contribution is -2.39. The lowest BCUT2D eigenvalue weighted by molar-refractivity contribution is 0.289. The maximum Gasteiger partial charge on any atom is 0.243 e. The second kappa shape index (κ2) is 7.03. The number of hydrogen-bond acceptors (Lipinski definition) is 4. The molecule has 4 rings (SSSR count). The van der Waals surface area contributed by atoms with E-state index in [1.807, 2.05) is 23.2 Å². The summed E-state index contributed by atoms with van der Waals surface area (Å²) in [4.78, 5) is 0.219. The summed E-state index contributed by atoms with van der Waals surface area (Å²) in [5.74, 6) is 0. The molecule has 1 N–H and O–H groups in total. The van der Waals surface area contributed by atoms with Crippen molar-refractivity contribution in [1.82, 2.24) is 14.7 Å². The number of rotatable bonds is 4. The van der Waals surface area contributed by atoms with E-state index in [4.69, 9.17) is 11.6 Å². The van der Waals surface area contributed by atoms with Crippen molar-refractivity contribution < 1.29 is 8.42 Å². The first kappa shape index (κ1) is 18.1. The summed E-state index contributed by atoms with van der Waals surface area (Å²) < 4.78 is 27.4. The van der Waals surface area contributed by atoms with E-state index in [0.717, 1.165) is 22.5 Å². The molecule has 5 nitrogen and oxygen atoms in total. The Labute approximate surface area is 164 Å². The molecule has 0 amide bonds. The maximum atomic E-state index is 13.0. The van der Waals surface area contributed by atoms with Gasteiger partial charge in [0.1, 0.15) is 0 Å². The highest BCUT2D eigenvalue weighted by molar-refractivity contribution is 7.89. The van der Waals surface area contributed by atoms with Crippen LogP contribution in [0.1, 0.15) is 12.0 Å². The predicted molar refractivity (Wildman–Crippen MR) is 106 cm³/mol. The van der Waals surface area contributed by atoms with E-state index in [1.54, 1.807) is 18.2 Å². The summed E-state index contributed by atoms with van der Waals surface area (Å²) in [6.45, 7) is 5.59. The molecule has 7 heteroatoms. The van der Waals surface area contributed by atoms with Crippen LogP contribution < -0.4 is 5.43 Å². The van der Waals surface area contributed by atoms with Gasteiger partial charge in [-0.3, -0.25) is 5.01 Å². The molecular formula is C20H20ClN3O2S. The molecule has 0 saturated heterocycles. The molecule has 0 spiro atoms. The number of hydrogen-bond donors (Lipinski definition) is 1. The molecule has 2 aliphatic rings. The quantitative estimate of drug-likeness (QED) is 0.851. The van der Waals surface area contributed by atoms with Gasteiger partial charge < -0.3 is 5.43 Å². The molecule has 0 radical (unpaired) electrons. The van der Waals surface area contributed by atoms with Crippen molar-refractivity contribution in [3.8, 4) is 0 Å². The van der Waals surface area contributed by atoms with Gasteiger partial charge in [-0.2, -0.15) is 4.31 Å². The van der Waals surface area contributed by atoms with E-state index in [9.17, 15) is 8.42 Å². The summed E-state index contributed by atoms with van der Waals surface area (Å²) in [5.41, 5.74) is 7.41. The van der Waals surface area contributed by atoms with Crippen LogP contribution in [0.5, 0.6) is 0 Å². The van der Waals surface area contributed by atoms with E-state index < -0.39 is 10.0 Å². The van der Waals surface area contributed by atoms with Gasteiger partial charge in [0.05, 0.1) is 29.4 Å². The zero-order valence-electron chi connectivity index (χ0n) is 14.7. The molecule has 2 aromatic carbocycles. The van der Waals surface area contributed by atoms with Crippen LogP contribution in [0.4, 0.5) is 0 Å². The van der Waals surface area contributed by atoms with Crippen molar-refractivity contribution >= 4 is 21.6 Å². The smallest absolute Gasteiger partial charge is 0.243 e. The summed E-state index contributed by atoms with van der Waals surface area (Å²) in [7, 11) is -3.59. The molecule has 0 aromatic heterocycles. The fourth-order valence-electron chi connectivity index (χ4n) is 3.44. The highest BCUT2D eigenvalue weighted by Crippen LogP contribution is 2.33. The van der Waals surface area contributed by atoms with Crippen LogP contribution in [-0.2, 0) is 16.6 Å². The van der Waals surface area contributed by atoms with Gasteiger partial charge in [-0.25, -0.2) is 8.42 Å². The monoisotopic (exact) mass is 401 g/mol. The Bertz CT molecular complexity index is 1020. The topological polar surface area (TPSA) is 52.7 Å². The van der Waals surface area contributed by atoms with E-state index in [1.165, 1.54) is 10.4 Å². The van der Waals surface area contributed by atoms with Gasteiger partial charge in [-0.1, -0.05) is 54.6 Å². The number of benzene rings is 2. The van der Waals surface area contributed by atoms with Crippen molar-refractivity contribution in [2.24, 2.45) is 0 Å². The normalized spacial score (nSPS) is 17.8. The average Bonchev–Trinajstić information content (AvgIpc) is 2.97. The lowest BCUT2D eigenvalue weighted by Gasteiger charge is -2.27. The molecule has 27 heavy (non-hydrogen) atoms. The molecule has 0 atom stereocenters. The minimum Gasteiger partial charge on any atom is -0.300 e. The molecule has 0 aliphatic carbocycles. The van der Waals surface area contributed by atoms with E-state index in [0.29, 0.717) is 31.1 Å². The van der Waals surface area contributed by atoms with Crippen LogP contribution in [0.3, 0.4) is 0 Å². The zero-order valence-corrected chi connectivity index (χ0v) is 16.3. The third kappa shape index (κ3) is 3.48. The number of halogens is 1. The third-order valence-electron chi connectivity index (χ3n) is 4.87. The van der Waals surface area contributed by atoms with Crippen LogP contribution in [0.2, 0.25) is 5.02 Å². The zero-order chi connectivity index (χ0) is 19.0. The summed E-state index contributed by atoms with van der Waals surface area (Å²) in [5, 5.41) is 2.39. The Morgan fingerprint density at radius 3 is 2.63 bits per heavy atom. The molecule has 140 valence electrons. The van der Waals surface area contributed by atoms with Crippen molar-refractivity contribution in [2.45, 2.75) is 17.9 Å². The first-order valence-electron chi connectivity index (χ1n) is 8.70. The first-order valence-corrected chi connectivity index (χ1v) is 10.5. The molecule has 2 heterocycles. The summed E-state index contributed by atoms with van der Waals surface area (Å²) >= 11 is 5.97. The first-order chi connectivity index (χ1) is 12.9. The SMILES string of the molecule is C=C1C2=C(CN(S(=O)(=O)c3cccc(Cl)c3)CC2)NN1Cc1ccccc1. The fraction of sp³-hybridized carbons (Fsp3) is 0.200. The Morgan fingerprint density at radius 2 is 1.89 bits per heavy atom. The number of allylic oxidation sites excluding steroid dienone is 1. The van der Waals surface area contributed by atoms with Crippen molar-refractivity contribution in [3.05, 3.63) is 88.7 Å². The molecular weight excluding hydrogens is 382 g/mol. The molecule has 0 bridgehead atoms. The van der Waals surface area contributed by atoms with Gasteiger partial charge in [0.25, 0.3) is 0 Å². The molecule has 0 unspecified atom stereocenters. The highest BCUT2D eigenvalue weighted by atomic mass is 35.5. The van der Waals surface area contributed by atoms with Gasteiger partial charge in [-0.15, -0.1) is 0 Å². The fourth-order valence-corrected chi connectivity index (χ4v) is 5.15. The van der Waals surface area contributed by atoms with Crippen LogP contribution in [0.15, 0.2) is 83.0 Å². The second-order valence-electron chi connectivity index (χ2n) is 6.63. The number of nitrogens with zero attached hydrogens (tertiary/aromatic N) is 2. The maximum absolute atomic E-state index is 13.0. The van der Waals surface area contributed by atoms with Crippen molar-refractivity contribution in [2.75, 3.05) is 13.1 Å². The van der Waals surface area contributed by atoms with Gasteiger partial charge in [-0.05, 0) is 30.2 Å². The predicted octanol–water partition coefficient (Wildman–Crippen LogP) is 3.52. The summed E-state index contributed by atoms with van der Waals surface area (Å²) in [6.07, 6.45) is 0.631.